The largest absolute Gasteiger partial charge is 0.394 e. The van der Waals surface area contributed by atoms with Gasteiger partial charge in [0.05, 0.1) is 6.61 Å². The number of ether oxygens (including phenoxy) is 2. The van der Waals surface area contributed by atoms with E-state index in [9.17, 15) is 15.3 Å². The van der Waals surface area contributed by atoms with Gasteiger partial charge in [-0.25, -0.2) is 0 Å². The fraction of sp³-hybridized carbons (Fsp3) is 1.00. The van der Waals surface area contributed by atoms with Gasteiger partial charge in [-0.15, -0.1) is 0 Å². The van der Waals surface area contributed by atoms with E-state index in [0.29, 0.717) is 6.61 Å². The standard InChI is InChI=1S/C23H46O6/c1-2-3-4-5-6-7-8-9-10-11-12-13-14-15-16-17-28-23-22(27)21(26)20(25)19(18-24)29-23/h19-27H,2-18H2,1H3/t19-,20+,21+,22-,23-/m1/s1. The lowest BCUT2D eigenvalue weighted by atomic mass is 9.99. The molecular weight excluding hydrogens is 372 g/mol. The second kappa shape index (κ2) is 17.4. The van der Waals surface area contributed by atoms with Gasteiger partial charge in [0.25, 0.3) is 0 Å². The maximum atomic E-state index is 9.91. The van der Waals surface area contributed by atoms with Gasteiger partial charge in [0.15, 0.2) is 6.29 Å². The summed E-state index contributed by atoms with van der Waals surface area (Å²) >= 11 is 0. The van der Waals surface area contributed by atoms with Gasteiger partial charge in [-0.05, 0) is 6.42 Å². The predicted octanol–water partition coefficient (Wildman–Crippen LogP) is 3.67. The molecule has 0 radical (unpaired) electrons. The van der Waals surface area contributed by atoms with E-state index in [1.54, 1.807) is 0 Å². The average molecular weight is 419 g/mol. The molecule has 0 spiro atoms. The average Bonchev–Trinajstić information content (AvgIpc) is 2.73. The molecule has 1 aliphatic heterocycles. The van der Waals surface area contributed by atoms with Gasteiger partial charge in [0.1, 0.15) is 24.4 Å². The molecule has 0 saturated carbocycles. The van der Waals surface area contributed by atoms with Crippen LogP contribution in [0.15, 0.2) is 0 Å². The maximum Gasteiger partial charge on any atom is 0.186 e. The Morgan fingerprint density at radius 3 is 1.52 bits per heavy atom. The molecule has 0 aromatic rings. The van der Waals surface area contributed by atoms with Gasteiger partial charge >= 0.3 is 0 Å². The van der Waals surface area contributed by atoms with Crippen LogP contribution in [0.2, 0.25) is 0 Å². The van der Waals surface area contributed by atoms with Crippen molar-refractivity contribution in [3.63, 3.8) is 0 Å². The number of hydrogen-bond acceptors (Lipinski definition) is 6. The van der Waals surface area contributed by atoms with E-state index in [1.165, 1.54) is 83.5 Å². The van der Waals surface area contributed by atoms with E-state index in [4.69, 9.17) is 14.6 Å². The molecule has 0 unspecified atom stereocenters. The third-order valence-corrected chi connectivity index (χ3v) is 5.88. The Morgan fingerprint density at radius 2 is 1.07 bits per heavy atom. The predicted molar refractivity (Wildman–Crippen MR) is 115 cm³/mol. The highest BCUT2D eigenvalue weighted by atomic mass is 16.7. The van der Waals surface area contributed by atoms with Crippen LogP contribution in [0.1, 0.15) is 103 Å². The number of aliphatic hydroxyl groups excluding tert-OH is 4. The van der Waals surface area contributed by atoms with Crippen LogP contribution in [0.5, 0.6) is 0 Å². The van der Waals surface area contributed by atoms with E-state index in [2.05, 4.69) is 6.92 Å². The Morgan fingerprint density at radius 1 is 0.621 bits per heavy atom. The minimum absolute atomic E-state index is 0.427. The van der Waals surface area contributed by atoms with Crippen molar-refractivity contribution in [1.29, 1.82) is 0 Å². The highest BCUT2D eigenvalue weighted by molar-refractivity contribution is 4.88. The molecule has 1 fully saturated rings. The molecule has 0 amide bonds. The second-order valence-corrected chi connectivity index (χ2v) is 8.52. The van der Waals surface area contributed by atoms with Crippen molar-refractivity contribution in [1.82, 2.24) is 0 Å². The minimum Gasteiger partial charge on any atom is -0.394 e. The summed E-state index contributed by atoms with van der Waals surface area (Å²) in [5, 5.41) is 38.5. The van der Waals surface area contributed by atoms with Crippen LogP contribution in [-0.2, 0) is 9.47 Å². The first kappa shape index (κ1) is 26.8. The summed E-state index contributed by atoms with van der Waals surface area (Å²) in [5.74, 6) is 0. The Kier molecular flexibility index (Phi) is 16.1. The van der Waals surface area contributed by atoms with Crippen molar-refractivity contribution < 1.29 is 29.9 Å². The molecule has 0 aromatic carbocycles. The molecule has 1 rings (SSSR count). The fourth-order valence-corrected chi connectivity index (χ4v) is 3.88. The van der Waals surface area contributed by atoms with Crippen LogP contribution >= 0.6 is 0 Å². The summed E-state index contributed by atoms with van der Waals surface area (Å²) in [4.78, 5) is 0. The molecule has 29 heavy (non-hydrogen) atoms. The van der Waals surface area contributed by atoms with Gasteiger partial charge in [-0.2, -0.15) is 0 Å². The molecule has 5 atom stereocenters. The summed E-state index contributed by atoms with van der Waals surface area (Å²) in [7, 11) is 0. The highest BCUT2D eigenvalue weighted by Crippen LogP contribution is 2.22. The van der Waals surface area contributed by atoms with E-state index in [1.807, 2.05) is 0 Å². The molecule has 0 aliphatic carbocycles. The van der Waals surface area contributed by atoms with Crippen molar-refractivity contribution in [2.45, 2.75) is 134 Å². The van der Waals surface area contributed by atoms with Crippen LogP contribution < -0.4 is 0 Å². The monoisotopic (exact) mass is 418 g/mol. The lowest BCUT2D eigenvalue weighted by Gasteiger charge is -2.39. The lowest BCUT2D eigenvalue weighted by molar-refractivity contribution is -0.301. The molecule has 1 heterocycles. The molecular formula is C23H46O6. The van der Waals surface area contributed by atoms with Crippen molar-refractivity contribution in [2.75, 3.05) is 13.2 Å². The second-order valence-electron chi connectivity index (χ2n) is 8.52. The van der Waals surface area contributed by atoms with Crippen molar-refractivity contribution in [3.8, 4) is 0 Å². The highest BCUT2D eigenvalue weighted by Gasteiger charge is 2.43. The third-order valence-electron chi connectivity index (χ3n) is 5.88. The van der Waals surface area contributed by atoms with Crippen LogP contribution in [0.4, 0.5) is 0 Å². The van der Waals surface area contributed by atoms with Crippen molar-refractivity contribution in [3.05, 3.63) is 0 Å². The minimum atomic E-state index is -1.37. The Balaban J connectivity index is 1.88. The molecule has 0 bridgehead atoms. The quantitative estimate of drug-likeness (QED) is 0.254. The van der Waals surface area contributed by atoms with Crippen LogP contribution in [0.3, 0.4) is 0 Å². The number of unbranched alkanes of at least 4 members (excludes halogenated alkanes) is 14. The first-order valence-electron chi connectivity index (χ1n) is 12.0. The zero-order valence-corrected chi connectivity index (χ0v) is 18.5. The first-order valence-corrected chi connectivity index (χ1v) is 12.0. The van der Waals surface area contributed by atoms with Crippen molar-refractivity contribution in [2.24, 2.45) is 0 Å². The summed E-state index contributed by atoms with van der Waals surface area (Å²) in [6.07, 6.45) is 13.5. The number of rotatable bonds is 18. The molecule has 6 nitrogen and oxygen atoms in total. The normalized spacial score (nSPS) is 27.4. The topological polar surface area (TPSA) is 99.4 Å². The Labute approximate surface area is 177 Å². The fourth-order valence-electron chi connectivity index (χ4n) is 3.88. The van der Waals surface area contributed by atoms with Gasteiger partial charge in [0, 0.05) is 6.61 Å². The third kappa shape index (κ3) is 11.7. The summed E-state index contributed by atoms with van der Waals surface area (Å²) in [5.41, 5.74) is 0. The van der Waals surface area contributed by atoms with E-state index >= 15 is 0 Å². The zero-order chi connectivity index (χ0) is 21.3. The summed E-state index contributed by atoms with van der Waals surface area (Å²) < 4.78 is 10.8. The Hall–Kier alpha value is -0.240. The van der Waals surface area contributed by atoms with Crippen molar-refractivity contribution >= 4 is 0 Å². The Bertz CT molecular complexity index is 365. The number of aliphatic hydroxyl groups is 4. The molecule has 1 saturated heterocycles. The summed E-state index contributed by atoms with van der Waals surface area (Å²) in [6.45, 7) is 2.27. The first-order chi connectivity index (χ1) is 14.1. The van der Waals surface area contributed by atoms with Gasteiger partial charge < -0.3 is 29.9 Å². The molecule has 4 N–H and O–H groups in total. The molecule has 6 heteroatoms. The van der Waals surface area contributed by atoms with E-state index in [0.717, 1.165) is 12.8 Å². The van der Waals surface area contributed by atoms with Crippen LogP contribution in [0, 0.1) is 0 Å². The van der Waals surface area contributed by atoms with Gasteiger partial charge in [0.2, 0.25) is 0 Å². The molecule has 1 aliphatic rings. The molecule has 0 aromatic heterocycles. The van der Waals surface area contributed by atoms with E-state index in [-0.39, 0.29) is 0 Å². The SMILES string of the molecule is CCCCCCCCCCCCCCCCCO[C@@H]1O[C@H](CO)[C@H](O)[C@H](O)[C@H]1O. The van der Waals surface area contributed by atoms with Crippen LogP contribution in [-0.4, -0.2) is 64.3 Å². The lowest BCUT2D eigenvalue weighted by Crippen LogP contribution is -2.59. The maximum absolute atomic E-state index is 9.91. The van der Waals surface area contributed by atoms with Gasteiger partial charge in [-0.1, -0.05) is 96.8 Å². The number of hydrogen-bond donors (Lipinski definition) is 4. The van der Waals surface area contributed by atoms with Crippen LogP contribution in [0.25, 0.3) is 0 Å². The molecule has 174 valence electrons. The zero-order valence-electron chi connectivity index (χ0n) is 18.5. The van der Waals surface area contributed by atoms with E-state index < -0.39 is 37.3 Å². The summed E-state index contributed by atoms with van der Waals surface area (Å²) in [6, 6.07) is 0. The smallest absolute Gasteiger partial charge is 0.186 e. The van der Waals surface area contributed by atoms with Gasteiger partial charge in [-0.3, -0.25) is 0 Å².